The quantitative estimate of drug-likeness (QED) is 0.728. The van der Waals surface area contributed by atoms with Crippen LogP contribution in [-0.4, -0.2) is 6.10 Å². The van der Waals surface area contributed by atoms with Crippen LogP contribution in [0.2, 0.25) is 0 Å². The van der Waals surface area contributed by atoms with Gasteiger partial charge in [-0.05, 0) is 47.5 Å². The standard InChI is InChI=1S/C17H16O/c1-2-4-7(5-3-1)17-14-9-6-8-10-11(9)15(17)13(10)16(18-17)12(8)14/h1-5,8-16H,6H2/t8-,9-,10+,11+,12+,13+,14+,15-,16-,17-/m0/s1. The molecule has 2 heterocycles. The Hall–Kier alpha value is -0.820. The molecule has 8 rings (SSSR count). The maximum atomic E-state index is 6.74. The zero-order chi connectivity index (χ0) is 11.2. The molecule has 90 valence electrons. The van der Waals surface area contributed by atoms with Gasteiger partial charge in [0.2, 0.25) is 0 Å². The van der Waals surface area contributed by atoms with E-state index < -0.39 is 0 Å². The summed E-state index contributed by atoms with van der Waals surface area (Å²) in [6.45, 7) is 0. The van der Waals surface area contributed by atoms with Gasteiger partial charge in [-0.15, -0.1) is 0 Å². The van der Waals surface area contributed by atoms with E-state index >= 15 is 0 Å². The van der Waals surface area contributed by atoms with Crippen molar-refractivity contribution >= 4 is 0 Å². The minimum atomic E-state index is 0.179. The first kappa shape index (κ1) is 8.37. The summed E-state index contributed by atoms with van der Waals surface area (Å²) in [6.07, 6.45) is 2.23. The molecule has 5 saturated carbocycles. The highest BCUT2D eigenvalue weighted by atomic mass is 16.5. The Bertz CT molecular complexity index is 585. The molecule has 2 aliphatic heterocycles. The molecule has 4 bridgehead atoms. The maximum absolute atomic E-state index is 6.74. The van der Waals surface area contributed by atoms with Gasteiger partial charge in [-0.2, -0.15) is 0 Å². The van der Waals surface area contributed by atoms with E-state index in [-0.39, 0.29) is 5.60 Å². The van der Waals surface area contributed by atoms with Crippen LogP contribution >= 0.6 is 0 Å². The summed E-state index contributed by atoms with van der Waals surface area (Å²) in [4.78, 5) is 0. The molecule has 0 aromatic heterocycles. The van der Waals surface area contributed by atoms with Gasteiger partial charge < -0.3 is 4.74 Å². The number of hydrogen-bond donors (Lipinski definition) is 0. The lowest BCUT2D eigenvalue weighted by Gasteiger charge is -2.46. The van der Waals surface area contributed by atoms with E-state index in [0.29, 0.717) is 6.10 Å². The third kappa shape index (κ3) is 0.499. The Labute approximate surface area is 107 Å². The molecule has 1 aromatic rings. The first-order chi connectivity index (χ1) is 8.93. The molecule has 1 aromatic carbocycles. The molecule has 0 spiro atoms. The van der Waals surface area contributed by atoms with Crippen molar-refractivity contribution in [3.63, 3.8) is 0 Å². The smallest absolute Gasteiger partial charge is 0.100 e. The minimum absolute atomic E-state index is 0.179. The number of ether oxygens (including phenoxy) is 1. The van der Waals surface area contributed by atoms with Gasteiger partial charge in [0, 0.05) is 11.8 Å². The lowest BCUT2D eigenvalue weighted by molar-refractivity contribution is -0.0356. The van der Waals surface area contributed by atoms with Crippen molar-refractivity contribution in [2.45, 2.75) is 18.1 Å². The van der Waals surface area contributed by atoms with Crippen LogP contribution in [0.3, 0.4) is 0 Å². The molecule has 0 radical (unpaired) electrons. The van der Waals surface area contributed by atoms with Crippen LogP contribution in [0.1, 0.15) is 12.0 Å². The monoisotopic (exact) mass is 236 g/mol. The fourth-order valence-corrected chi connectivity index (χ4v) is 8.17. The number of hydrogen-bond acceptors (Lipinski definition) is 1. The molecular formula is C17H16O. The van der Waals surface area contributed by atoms with Crippen LogP contribution in [0.25, 0.3) is 0 Å². The minimum Gasteiger partial charge on any atom is -0.366 e. The third-order valence-corrected chi connectivity index (χ3v) is 7.93. The van der Waals surface area contributed by atoms with E-state index in [9.17, 15) is 0 Å². The predicted molar refractivity (Wildman–Crippen MR) is 65.5 cm³/mol. The third-order valence-electron chi connectivity index (χ3n) is 7.93. The fraction of sp³-hybridized carbons (Fsp3) is 0.647. The molecule has 0 amide bonds. The van der Waals surface area contributed by atoms with E-state index in [2.05, 4.69) is 30.3 Å². The summed E-state index contributed by atoms with van der Waals surface area (Å²) < 4.78 is 6.74. The second-order valence-electron chi connectivity index (χ2n) is 7.67. The zero-order valence-electron chi connectivity index (χ0n) is 10.2. The van der Waals surface area contributed by atoms with Gasteiger partial charge >= 0.3 is 0 Å². The molecule has 18 heavy (non-hydrogen) atoms. The molecule has 5 aliphatic carbocycles. The molecule has 0 N–H and O–H groups in total. The molecule has 7 fully saturated rings. The Morgan fingerprint density at radius 3 is 2.67 bits per heavy atom. The van der Waals surface area contributed by atoms with E-state index in [1.54, 1.807) is 6.42 Å². The number of benzene rings is 1. The second kappa shape index (κ2) is 2.10. The van der Waals surface area contributed by atoms with Crippen molar-refractivity contribution < 1.29 is 4.74 Å². The SMILES string of the molecule is c1ccc([C@@]23O[C@@H]4[C@@H]5[C@@H]6[C@@H]7C[C@@H]([C@H]6[C@@H]52)[C@@H]3[C@@H]74)cc1. The fourth-order valence-electron chi connectivity index (χ4n) is 8.17. The summed E-state index contributed by atoms with van der Waals surface area (Å²) >= 11 is 0. The van der Waals surface area contributed by atoms with Crippen molar-refractivity contribution in [1.82, 2.24) is 0 Å². The van der Waals surface area contributed by atoms with E-state index in [0.717, 1.165) is 47.3 Å². The summed E-state index contributed by atoms with van der Waals surface area (Å²) in [5, 5.41) is 0. The van der Waals surface area contributed by atoms with Crippen LogP contribution < -0.4 is 0 Å². The molecule has 10 atom stereocenters. The molecule has 1 nitrogen and oxygen atoms in total. The molecule has 1 heteroatoms. The maximum Gasteiger partial charge on any atom is 0.100 e. The predicted octanol–water partition coefficient (Wildman–Crippen LogP) is 2.67. The Kier molecular flexibility index (Phi) is 0.975. The van der Waals surface area contributed by atoms with Crippen LogP contribution in [0.4, 0.5) is 0 Å². The van der Waals surface area contributed by atoms with Gasteiger partial charge in [0.15, 0.2) is 0 Å². The Morgan fingerprint density at radius 2 is 1.78 bits per heavy atom. The summed E-state index contributed by atoms with van der Waals surface area (Å²) in [5.41, 5.74) is 1.70. The summed E-state index contributed by atoms with van der Waals surface area (Å²) in [6, 6.07) is 11.2. The van der Waals surface area contributed by atoms with E-state index in [1.807, 2.05) is 0 Å². The molecular weight excluding hydrogens is 220 g/mol. The van der Waals surface area contributed by atoms with Crippen molar-refractivity contribution in [2.24, 2.45) is 47.3 Å². The van der Waals surface area contributed by atoms with Crippen LogP contribution in [0, 0.1) is 47.3 Å². The Morgan fingerprint density at radius 1 is 0.889 bits per heavy atom. The van der Waals surface area contributed by atoms with Gasteiger partial charge in [0.05, 0.1) is 6.10 Å². The van der Waals surface area contributed by atoms with Gasteiger partial charge in [-0.3, -0.25) is 0 Å². The van der Waals surface area contributed by atoms with Crippen LogP contribution in [-0.2, 0) is 10.3 Å². The first-order valence-corrected chi connectivity index (χ1v) is 7.66. The summed E-state index contributed by atoms with van der Waals surface area (Å²) in [7, 11) is 0. The zero-order valence-corrected chi connectivity index (χ0v) is 10.2. The largest absolute Gasteiger partial charge is 0.366 e. The van der Waals surface area contributed by atoms with E-state index in [1.165, 1.54) is 5.56 Å². The lowest BCUT2D eigenvalue weighted by atomic mass is 9.56. The van der Waals surface area contributed by atoms with Crippen molar-refractivity contribution in [2.75, 3.05) is 0 Å². The van der Waals surface area contributed by atoms with Crippen LogP contribution in [0.5, 0.6) is 0 Å². The average molecular weight is 236 g/mol. The van der Waals surface area contributed by atoms with Crippen molar-refractivity contribution in [3.8, 4) is 0 Å². The highest BCUT2D eigenvalue weighted by Gasteiger charge is 2.92. The normalized spacial score (nSPS) is 70.6. The lowest BCUT2D eigenvalue weighted by Crippen LogP contribution is -2.47. The number of rotatable bonds is 1. The Balaban J connectivity index is 1.58. The highest BCUT2D eigenvalue weighted by molar-refractivity contribution is 5.44. The molecule has 0 unspecified atom stereocenters. The van der Waals surface area contributed by atoms with Gasteiger partial charge in [-0.25, -0.2) is 0 Å². The average Bonchev–Trinajstić information content (AvgIpc) is 3.01. The van der Waals surface area contributed by atoms with E-state index in [4.69, 9.17) is 4.74 Å². The summed E-state index contributed by atoms with van der Waals surface area (Å²) in [5.74, 6) is 8.01. The van der Waals surface area contributed by atoms with Gasteiger partial charge in [0.25, 0.3) is 0 Å². The van der Waals surface area contributed by atoms with Crippen molar-refractivity contribution in [3.05, 3.63) is 35.9 Å². The highest BCUT2D eigenvalue weighted by Crippen LogP contribution is 2.92. The second-order valence-corrected chi connectivity index (χ2v) is 7.67. The van der Waals surface area contributed by atoms with Crippen molar-refractivity contribution in [1.29, 1.82) is 0 Å². The topological polar surface area (TPSA) is 9.23 Å². The van der Waals surface area contributed by atoms with Crippen LogP contribution in [0.15, 0.2) is 30.3 Å². The molecule has 2 saturated heterocycles. The van der Waals surface area contributed by atoms with Gasteiger partial charge in [0.1, 0.15) is 5.60 Å². The molecule has 7 aliphatic rings. The van der Waals surface area contributed by atoms with Gasteiger partial charge in [-0.1, -0.05) is 30.3 Å². The first-order valence-electron chi connectivity index (χ1n) is 7.66.